The Morgan fingerprint density at radius 3 is 2.76 bits per heavy atom. The Morgan fingerprint density at radius 1 is 1.14 bits per heavy atom. The highest BCUT2D eigenvalue weighted by Crippen LogP contribution is 2.23. The average molecular weight is 282 g/mol. The maximum atomic E-state index is 5.70. The van der Waals surface area contributed by atoms with Gasteiger partial charge < -0.3 is 15.0 Å². The first-order chi connectivity index (χ1) is 10.3. The van der Waals surface area contributed by atoms with Crippen LogP contribution in [0.2, 0.25) is 0 Å². The number of nitrogens with zero attached hydrogens (tertiary/aromatic N) is 3. The summed E-state index contributed by atoms with van der Waals surface area (Å²) in [6.07, 6.45) is 6.51. The van der Waals surface area contributed by atoms with Crippen molar-refractivity contribution in [3.63, 3.8) is 0 Å². The van der Waals surface area contributed by atoms with Crippen molar-refractivity contribution < 1.29 is 4.74 Å². The summed E-state index contributed by atoms with van der Waals surface area (Å²) in [6, 6.07) is 7.97. The lowest BCUT2D eigenvalue weighted by Gasteiger charge is -2.08. The zero-order valence-corrected chi connectivity index (χ0v) is 12.0. The monoisotopic (exact) mass is 282 g/mol. The lowest BCUT2D eigenvalue weighted by atomic mass is 10.2. The van der Waals surface area contributed by atoms with E-state index in [4.69, 9.17) is 10.5 Å². The van der Waals surface area contributed by atoms with Gasteiger partial charge in [-0.2, -0.15) is 0 Å². The number of ether oxygens (including phenoxy) is 1. The summed E-state index contributed by atoms with van der Waals surface area (Å²) in [5.41, 5.74) is 8.92. The molecule has 0 aliphatic rings. The summed E-state index contributed by atoms with van der Waals surface area (Å²) >= 11 is 0. The van der Waals surface area contributed by atoms with Crippen molar-refractivity contribution in [3.8, 4) is 5.88 Å². The number of pyridine rings is 2. The van der Waals surface area contributed by atoms with E-state index < -0.39 is 0 Å². The summed E-state index contributed by atoms with van der Waals surface area (Å²) < 4.78 is 7.44. The number of rotatable bonds is 5. The zero-order valence-electron chi connectivity index (χ0n) is 12.0. The van der Waals surface area contributed by atoms with Crippen molar-refractivity contribution >= 4 is 11.0 Å². The largest absolute Gasteiger partial charge is 0.481 e. The standard InChI is InChI=1S/C16H18N4O/c1-21-16-13(4-2-9-19-16)11-20-10-12(6-7-17)14-5-3-8-18-15(14)20/h2-5,8-10H,6-7,11,17H2,1H3. The third kappa shape index (κ3) is 2.60. The number of nitrogens with two attached hydrogens (primary N) is 1. The number of methoxy groups -OCH3 is 1. The highest BCUT2D eigenvalue weighted by atomic mass is 16.5. The molecule has 0 spiro atoms. The van der Waals surface area contributed by atoms with E-state index in [9.17, 15) is 0 Å². The zero-order chi connectivity index (χ0) is 14.7. The summed E-state index contributed by atoms with van der Waals surface area (Å²) in [4.78, 5) is 8.74. The fraction of sp³-hybridized carbons (Fsp3) is 0.250. The molecule has 0 fully saturated rings. The number of hydrogen-bond acceptors (Lipinski definition) is 4. The molecule has 3 aromatic heterocycles. The van der Waals surface area contributed by atoms with Gasteiger partial charge in [0.2, 0.25) is 5.88 Å². The highest BCUT2D eigenvalue weighted by molar-refractivity contribution is 5.80. The van der Waals surface area contributed by atoms with Crippen molar-refractivity contribution in [2.75, 3.05) is 13.7 Å². The van der Waals surface area contributed by atoms with Crippen LogP contribution in [0, 0.1) is 0 Å². The molecule has 0 atom stereocenters. The quantitative estimate of drug-likeness (QED) is 0.777. The molecule has 108 valence electrons. The van der Waals surface area contributed by atoms with Crippen LogP contribution in [0.15, 0.2) is 42.9 Å². The number of fused-ring (bicyclic) bond motifs is 1. The molecule has 0 aliphatic carbocycles. The van der Waals surface area contributed by atoms with E-state index in [-0.39, 0.29) is 0 Å². The summed E-state index contributed by atoms with van der Waals surface area (Å²) in [5.74, 6) is 0.649. The molecule has 0 bridgehead atoms. The SMILES string of the molecule is COc1ncccc1Cn1cc(CCN)c2cccnc21. The molecule has 0 amide bonds. The van der Waals surface area contributed by atoms with Crippen LogP contribution in [0.5, 0.6) is 5.88 Å². The normalized spacial score (nSPS) is 11.0. The van der Waals surface area contributed by atoms with Crippen LogP contribution in [0.25, 0.3) is 11.0 Å². The Bertz CT molecular complexity index is 751. The second-order valence-corrected chi connectivity index (χ2v) is 4.87. The van der Waals surface area contributed by atoms with Crippen molar-refractivity contribution in [2.24, 2.45) is 5.73 Å². The van der Waals surface area contributed by atoms with E-state index in [1.54, 1.807) is 13.3 Å². The molecule has 0 saturated heterocycles. The lowest BCUT2D eigenvalue weighted by molar-refractivity contribution is 0.391. The Morgan fingerprint density at radius 2 is 1.95 bits per heavy atom. The lowest BCUT2D eigenvalue weighted by Crippen LogP contribution is -2.03. The topological polar surface area (TPSA) is 66.0 Å². The van der Waals surface area contributed by atoms with Gasteiger partial charge in [-0.15, -0.1) is 0 Å². The molecule has 5 nitrogen and oxygen atoms in total. The van der Waals surface area contributed by atoms with Crippen molar-refractivity contribution in [1.82, 2.24) is 14.5 Å². The number of hydrogen-bond donors (Lipinski definition) is 1. The first-order valence-corrected chi connectivity index (χ1v) is 6.94. The van der Waals surface area contributed by atoms with Gasteiger partial charge >= 0.3 is 0 Å². The molecule has 0 saturated carbocycles. The second-order valence-electron chi connectivity index (χ2n) is 4.87. The molecule has 3 heterocycles. The number of aromatic nitrogens is 3. The van der Waals surface area contributed by atoms with Crippen molar-refractivity contribution in [1.29, 1.82) is 0 Å². The molecule has 0 radical (unpaired) electrons. The minimum Gasteiger partial charge on any atom is -0.481 e. The maximum absolute atomic E-state index is 5.70. The molecular weight excluding hydrogens is 264 g/mol. The van der Waals surface area contributed by atoms with E-state index in [1.807, 2.05) is 24.4 Å². The minimum absolute atomic E-state index is 0.629. The van der Waals surface area contributed by atoms with Gasteiger partial charge in [-0.05, 0) is 36.7 Å². The molecule has 0 aromatic carbocycles. The molecule has 5 heteroatoms. The molecule has 0 aliphatic heterocycles. The van der Waals surface area contributed by atoms with Gasteiger partial charge in [0.15, 0.2) is 0 Å². The van der Waals surface area contributed by atoms with Gasteiger partial charge in [-0.1, -0.05) is 6.07 Å². The van der Waals surface area contributed by atoms with Gasteiger partial charge in [0.05, 0.1) is 13.7 Å². The van der Waals surface area contributed by atoms with Crippen LogP contribution >= 0.6 is 0 Å². The van der Waals surface area contributed by atoms with Crippen LogP contribution in [0.1, 0.15) is 11.1 Å². The van der Waals surface area contributed by atoms with Crippen molar-refractivity contribution in [2.45, 2.75) is 13.0 Å². The smallest absolute Gasteiger partial charge is 0.218 e. The van der Waals surface area contributed by atoms with Gasteiger partial charge in [-0.3, -0.25) is 0 Å². The van der Waals surface area contributed by atoms with Crippen LogP contribution < -0.4 is 10.5 Å². The predicted octanol–water partition coefficient (Wildman–Crippen LogP) is 1.99. The predicted molar refractivity (Wildman–Crippen MR) is 82.4 cm³/mol. The summed E-state index contributed by atoms with van der Waals surface area (Å²) in [6.45, 7) is 1.30. The second kappa shape index (κ2) is 5.93. The first kappa shape index (κ1) is 13.6. The van der Waals surface area contributed by atoms with Gasteiger partial charge in [0.25, 0.3) is 0 Å². The molecule has 3 rings (SSSR count). The summed E-state index contributed by atoms with van der Waals surface area (Å²) in [7, 11) is 1.64. The first-order valence-electron chi connectivity index (χ1n) is 6.94. The fourth-order valence-electron chi connectivity index (χ4n) is 2.58. The van der Waals surface area contributed by atoms with E-state index in [0.29, 0.717) is 19.0 Å². The molecule has 3 aromatic rings. The Hall–Kier alpha value is -2.40. The molecule has 0 unspecified atom stereocenters. The molecule has 21 heavy (non-hydrogen) atoms. The minimum atomic E-state index is 0.629. The van der Waals surface area contributed by atoms with E-state index in [1.165, 1.54) is 5.56 Å². The molecular formula is C16H18N4O. The van der Waals surface area contributed by atoms with Gasteiger partial charge in [0, 0.05) is 29.5 Å². The van der Waals surface area contributed by atoms with Crippen molar-refractivity contribution in [3.05, 3.63) is 54.0 Å². The van der Waals surface area contributed by atoms with E-state index in [0.717, 1.165) is 23.0 Å². The Labute approximate surface area is 123 Å². The molecule has 2 N–H and O–H groups in total. The van der Waals surface area contributed by atoms with Gasteiger partial charge in [-0.25, -0.2) is 9.97 Å². The van der Waals surface area contributed by atoms with Crippen LogP contribution in [0.3, 0.4) is 0 Å². The third-order valence-electron chi connectivity index (χ3n) is 3.51. The average Bonchev–Trinajstić information content (AvgIpc) is 2.87. The van der Waals surface area contributed by atoms with Crippen LogP contribution in [0.4, 0.5) is 0 Å². The van der Waals surface area contributed by atoms with Crippen LogP contribution in [-0.2, 0) is 13.0 Å². The fourth-order valence-corrected chi connectivity index (χ4v) is 2.58. The highest BCUT2D eigenvalue weighted by Gasteiger charge is 2.11. The Kier molecular flexibility index (Phi) is 3.83. The van der Waals surface area contributed by atoms with Crippen LogP contribution in [-0.4, -0.2) is 28.2 Å². The maximum Gasteiger partial charge on any atom is 0.218 e. The van der Waals surface area contributed by atoms with E-state index in [2.05, 4.69) is 26.8 Å². The summed E-state index contributed by atoms with van der Waals surface area (Å²) in [5, 5.41) is 1.16. The third-order valence-corrected chi connectivity index (χ3v) is 3.51. The Balaban J connectivity index is 2.04. The van der Waals surface area contributed by atoms with E-state index >= 15 is 0 Å². The van der Waals surface area contributed by atoms with Gasteiger partial charge in [0.1, 0.15) is 5.65 Å².